The normalized spacial score (nSPS) is 13.3. The molecule has 0 aliphatic heterocycles. The Morgan fingerprint density at radius 2 is 1.78 bits per heavy atom. The SMILES string of the molecule is COCC(C)NC(=O)NC(=O)C(C)=C(C)C(=O)O. The Morgan fingerprint density at radius 3 is 2.22 bits per heavy atom. The van der Waals surface area contributed by atoms with Gasteiger partial charge in [-0.3, -0.25) is 10.1 Å². The van der Waals surface area contributed by atoms with E-state index in [2.05, 4.69) is 5.32 Å². The van der Waals surface area contributed by atoms with Crippen LogP contribution >= 0.6 is 0 Å². The molecule has 0 fully saturated rings. The molecule has 1 atom stereocenters. The molecule has 0 aliphatic rings. The average molecular weight is 258 g/mol. The minimum Gasteiger partial charge on any atom is -0.478 e. The van der Waals surface area contributed by atoms with Gasteiger partial charge in [-0.05, 0) is 20.8 Å². The summed E-state index contributed by atoms with van der Waals surface area (Å²) < 4.78 is 4.81. The Kier molecular flexibility index (Phi) is 6.66. The molecule has 0 aliphatic carbocycles. The van der Waals surface area contributed by atoms with E-state index in [4.69, 9.17) is 9.84 Å². The van der Waals surface area contributed by atoms with Gasteiger partial charge in [0, 0.05) is 18.3 Å². The number of rotatable bonds is 5. The molecule has 3 N–H and O–H groups in total. The number of ether oxygens (including phenoxy) is 1. The predicted molar refractivity (Wildman–Crippen MR) is 64.0 cm³/mol. The molecular weight excluding hydrogens is 240 g/mol. The third-order valence-electron chi connectivity index (χ3n) is 2.25. The molecule has 7 nitrogen and oxygen atoms in total. The summed E-state index contributed by atoms with van der Waals surface area (Å²) in [5.74, 6) is -1.94. The maximum absolute atomic E-state index is 11.5. The fraction of sp³-hybridized carbons (Fsp3) is 0.545. The smallest absolute Gasteiger partial charge is 0.331 e. The summed E-state index contributed by atoms with van der Waals surface area (Å²) in [5.41, 5.74) is -0.123. The number of methoxy groups -OCH3 is 1. The second-order valence-electron chi connectivity index (χ2n) is 3.84. The molecule has 0 saturated heterocycles. The van der Waals surface area contributed by atoms with Gasteiger partial charge in [0.25, 0.3) is 5.91 Å². The van der Waals surface area contributed by atoms with Gasteiger partial charge in [-0.25, -0.2) is 9.59 Å². The number of carbonyl (C=O) groups excluding carboxylic acids is 2. The highest BCUT2D eigenvalue weighted by atomic mass is 16.5. The van der Waals surface area contributed by atoms with Crippen molar-refractivity contribution in [3.05, 3.63) is 11.1 Å². The van der Waals surface area contributed by atoms with Gasteiger partial charge in [0.15, 0.2) is 0 Å². The van der Waals surface area contributed by atoms with Crippen LogP contribution in [0.2, 0.25) is 0 Å². The lowest BCUT2D eigenvalue weighted by molar-refractivity contribution is -0.133. The van der Waals surface area contributed by atoms with E-state index in [-0.39, 0.29) is 17.2 Å². The van der Waals surface area contributed by atoms with Gasteiger partial charge in [0.1, 0.15) is 0 Å². The van der Waals surface area contributed by atoms with Crippen molar-refractivity contribution in [2.75, 3.05) is 13.7 Å². The van der Waals surface area contributed by atoms with E-state index in [0.29, 0.717) is 6.61 Å². The number of carboxylic acid groups (broad SMARTS) is 1. The fourth-order valence-electron chi connectivity index (χ4n) is 1.08. The van der Waals surface area contributed by atoms with Crippen LogP contribution in [0.15, 0.2) is 11.1 Å². The Morgan fingerprint density at radius 1 is 1.22 bits per heavy atom. The summed E-state index contributed by atoms with van der Waals surface area (Å²) in [7, 11) is 1.49. The van der Waals surface area contributed by atoms with Crippen LogP contribution in [0.4, 0.5) is 4.79 Å². The summed E-state index contributed by atoms with van der Waals surface area (Å²) >= 11 is 0. The van der Waals surface area contributed by atoms with Crippen molar-refractivity contribution in [2.45, 2.75) is 26.8 Å². The number of amides is 3. The molecule has 0 rings (SSSR count). The van der Waals surface area contributed by atoms with Crippen LogP contribution in [-0.4, -0.2) is 42.8 Å². The maximum Gasteiger partial charge on any atom is 0.331 e. The second-order valence-corrected chi connectivity index (χ2v) is 3.84. The van der Waals surface area contributed by atoms with Crippen LogP contribution in [0.25, 0.3) is 0 Å². The Balaban J connectivity index is 4.45. The molecule has 0 aromatic carbocycles. The van der Waals surface area contributed by atoms with Crippen molar-refractivity contribution in [1.82, 2.24) is 10.6 Å². The van der Waals surface area contributed by atoms with E-state index in [9.17, 15) is 14.4 Å². The summed E-state index contributed by atoms with van der Waals surface area (Å²) in [6.45, 7) is 4.65. The van der Waals surface area contributed by atoms with Gasteiger partial charge in [-0.2, -0.15) is 0 Å². The number of carboxylic acids is 1. The summed E-state index contributed by atoms with van der Waals surface area (Å²) in [6, 6.07) is -0.949. The van der Waals surface area contributed by atoms with Crippen LogP contribution in [0, 0.1) is 0 Å². The third kappa shape index (κ3) is 5.44. The molecule has 0 aromatic rings. The molecule has 102 valence electrons. The summed E-state index contributed by atoms with van der Waals surface area (Å²) in [6.07, 6.45) is 0. The minimum atomic E-state index is -1.20. The first-order valence-electron chi connectivity index (χ1n) is 5.31. The van der Waals surface area contributed by atoms with Gasteiger partial charge in [0.2, 0.25) is 0 Å². The van der Waals surface area contributed by atoms with Gasteiger partial charge in [-0.15, -0.1) is 0 Å². The molecule has 3 amide bonds. The number of carbonyl (C=O) groups is 3. The number of hydrogen-bond donors (Lipinski definition) is 3. The van der Waals surface area contributed by atoms with Crippen LogP contribution in [-0.2, 0) is 14.3 Å². The molecule has 0 aromatic heterocycles. The Bertz CT molecular complexity index is 376. The van der Waals surface area contributed by atoms with Crippen molar-refractivity contribution in [3.63, 3.8) is 0 Å². The third-order valence-corrected chi connectivity index (χ3v) is 2.25. The first kappa shape index (κ1) is 16.1. The zero-order chi connectivity index (χ0) is 14.3. The lowest BCUT2D eigenvalue weighted by Crippen LogP contribution is -2.45. The summed E-state index contributed by atoms with van der Waals surface area (Å²) in [4.78, 5) is 33.5. The number of hydrogen-bond acceptors (Lipinski definition) is 4. The predicted octanol–water partition coefficient (Wildman–Crippen LogP) is 0.268. The highest BCUT2D eigenvalue weighted by molar-refractivity contribution is 6.07. The zero-order valence-corrected chi connectivity index (χ0v) is 10.9. The lowest BCUT2D eigenvalue weighted by Gasteiger charge is -2.13. The molecule has 0 heterocycles. The maximum atomic E-state index is 11.5. The highest BCUT2D eigenvalue weighted by Crippen LogP contribution is 2.03. The average Bonchev–Trinajstić information content (AvgIpc) is 2.26. The number of urea groups is 1. The quantitative estimate of drug-likeness (QED) is 0.614. The van der Waals surface area contributed by atoms with Crippen molar-refractivity contribution in [1.29, 1.82) is 0 Å². The van der Waals surface area contributed by atoms with E-state index in [0.717, 1.165) is 0 Å². The molecule has 0 saturated carbocycles. The monoisotopic (exact) mass is 258 g/mol. The van der Waals surface area contributed by atoms with Crippen LogP contribution in [0.3, 0.4) is 0 Å². The van der Waals surface area contributed by atoms with Crippen molar-refractivity contribution in [2.24, 2.45) is 0 Å². The molecule has 0 spiro atoms. The number of aliphatic carboxylic acids is 1. The van der Waals surface area contributed by atoms with E-state index in [1.807, 2.05) is 5.32 Å². The van der Waals surface area contributed by atoms with Crippen LogP contribution in [0.5, 0.6) is 0 Å². The molecule has 0 radical (unpaired) electrons. The molecule has 18 heavy (non-hydrogen) atoms. The Labute approximate surface area is 105 Å². The molecule has 0 bridgehead atoms. The number of nitrogens with one attached hydrogen (secondary N) is 2. The van der Waals surface area contributed by atoms with E-state index >= 15 is 0 Å². The van der Waals surface area contributed by atoms with Gasteiger partial charge in [-0.1, -0.05) is 0 Å². The second kappa shape index (κ2) is 7.44. The zero-order valence-electron chi connectivity index (χ0n) is 10.9. The first-order chi connectivity index (χ1) is 8.29. The molecular formula is C11H18N2O5. The highest BCUT2D eigenvalue weighted by Gasteiger charge is 2.16. The number of imide groups is 1. The minimum absolute atomic E-state index is 0.0166. The van der Waals surface area contributed by atoms with Crippen molar-refractivity contribution < 1.29 is 24.2 Å². The molecule has 7 heteroatoms. The summed E-state index contributed by atoms with van der Waals surface area (Å²) in [5, 5.41) is 13.2. The van der Waals surface area contributed by atoms with Gasteiger partial charge < -0.3 is 15.2 Å². The first-order valence-corrected chi connectivity index (χ1v) is 5.31. The van der Waals surface area contributed by atoms with Crippen molar-refractivity contribution in [3.8, 4) is 0 Å². The van der Waals surface area contributed by atoms with E-state index in [1.165, 1.54) is 21.0 Å². The standard InChI is InChI=1S/C11H18N2O5/c1-6(5-18-4)12-11(17)13-9(14)7(2)8(3)10(15)16/h6H,5H2,1-4H3,(H,15,16)(H2,12,13,14,17). The molecule has 1 unspecified atom stereocenters. The fourth-order valence-corrected chi connectivity index (χ4v) is 1.08. The van der Waals surface area contributed by atoms with E-state index in [1.54, 1.807) is 6.92 Å². The van der Waals surface area contributed by atoms with Crippen molar-refractivity contribution >= 4 is 17.9 Å². The van der Waals surface area contributed by atoms with Crippen LogP contribution in [0.1, 0.15) is 20.8 Å². The van der Waals surface area contributed by atoms with Crippen LogP contribution < -0.4 is 10.6 Å². The van der Waals surface area contributed by atoms with Gasteiger partial charge >= 0.3 is 12.0 Å². The Hall–Kier alpha value is -1.89. The van der Waals surface area contributed by atoms with Gasteiger partial charge in [0.05, 0.1) is 12.6 Å². The van der Waals surface area contributed by atoms with E-state index < -0.39 is 17.9 Å². The largest absolute Gasteiger partial charge is 0.478 e. The topological polar surface area (TPSA) is 105 Å². The lowest BCUT2D eigenvalue weighted by atomic mass is 10.1.